The van der Waals surface area contributed by atoms with Gasteiger partial charge in [-0.1, -0.05) is 30.3 Å². The minimum absolute atomic E-state index is 0.0126. The summed E-state index contributed by atoms with van der Waals surface area (Å²) < 4.78 is 0. The number of imidazole rings is 1. The van der Waals surface area contributed by atoms with E-state index < -0.39 is 53.8 Å². The minimum Gasteiger partial charge on any atom is -0.508 e. The highest BCUT2D eigenvalue weighted by Gasteiger charge is 2.31. The van der Waals surface area contributed by atoms with Gasteiger partial charge in [-0.2, -0.15) is 0 Å². The molecule has 4 atom stereocenters. The highest BCUT2D eigenvalue weighted by Crippen LogP contribution is 2.19. The van der Waals surface area contributed by atoms with Crippen molar-refractivity contribution in [3.63, 3.8) is 0 Å². The fraction of sp³-hybridized carbons (Fsp3) is 0.290. The number of carbonyl (C=O) groups is 5. The van der Waals surface area contributed by atoms with E-state index in [1.807, 2.05) is 24.3 Å². The highest BCUT2D eigenvalue weighted by atomic mass is 16.4. The summed E-state index contributed by atoms with van der Waals surface area (Å²) >= 11 is 0. The van der Waals surface area contributed by atoms with Crippen molar-refractivity contribution in [1.29, 1.82) is 0 Å². The monoisotopic (exact) mass is 633 g/mol. The van der Waals surface area contributed by atoms with Gasteiger partial charge in [0.2, 0.25) is 17.7 Å². The lowest BCUT2D eigenvalue weighted by Crippen LogP contribution is -2.58. The number of amides is 3. The minimum atomic E-state index is -1.34. The third-order valence-electron chi connectivity index (χ3n) is 7.34. The number of hydrogen-bond donors (Lipinski definition) is 9. The molecule has 0 saturated carbocycles. The Hall–Kier alpha value is -5.70. The van der Waals surface area contributed by atoms with Crippen LogP contribution in [0.25, 0.3) is 10.9 Å². The molecule has 3 amide bonds. The van der Waals surface area contributed by atoms with Crippen molar-refractivity contribution >= 4 is 40.6 Å². The first kappa shape index (κ1) is 33.2. The van der Waals surface area contributed by atoms with Gasteiger partial charge in [-0.05, 0) is 35.7 Å². The fourth-order valence-electron chi connectivity index (χ4n) is 4.86. The van der Waals surface area contributed by atoms with Crippen LogP contribution in [0.5, 0.6) is 5.75 Å². The van der Waals surface area contributed by atoms with Crippen molar-refractivity contribution in [2.24, 2.45) is 5.73 Å². The van der Waals surface area contributed by atoms with Crippen LogP contribution in [0, 0.1) is 0 Å². The first-order valence-corrected chi connectivity index (χ1v) is 14.4. The van der Waals surface area contributed by atoms with Gasteiger partial charge in [-0.3, -0.25) is 19.2 Å². The van der Waals surface area contributed by atoms with Crippen LogP contribution in [0.4, 0.5) is 0 Å². The quantitative estimate of drug-likeness (QED) is 0.0818. The van der Waals surface area contributed by atoms with Crippen LogP contribution in [0.1, 0.15) is 29.7 Å². The zero-order valence-corrected chi connectivity index (χ0v) is 24.6. The Morgan fingerprint density at radius 2 is 1.46 bits per heavy atom. The third-order valence-corrected chi connectivity index (χ3v) is 7.34. The van der Waals surface area contributed by atoms with E-state index in [-0.39, 0.29) is 37.9 Å². The van der Waals surface area contributed by atoms with Crippen molar-refractivity contribution in [3.8, 4) is 5.75 Å². The molecule has 0 spiro atoms. The lowest BCUT2D eigenvalue weighted by atomic mass is 10.0. The molecule has 0 radical (unpaired) electrons. The van der Waals surface area contributed by atoms with Gasteiger partial charge in [-0.15, -0.1) is 0 Å². The fourth-order valence-corrected chi connectivity index (χ4v) is 4.86. The highest BCUT2D eigenvalue weighted by molar-refractivity contribution is 5.94. The molecule has 15 heteroatoms. The van der Waals surface area contributed by atoms with Gasteiger partial charge < -0.3 is 47.0 Å². The normalized spacial score (nSPS) is 13.7. The number of phenolic OH excluding ortho intramolecular Hbond substituents is 1. The molecule has 0 aliphatic rings. The Labute approximate surface area is 262 Å². The largest absolute Gasteiger partial charge is 0.508 e. The maximum Gasteiger partial charge on any atom is 0.326 e. The number of rotatable bonds is 16. The molecule has 242 valence electrons. The molecule has 0 aliphatic heterocycles. The lowest BCUT2D eigenvalue weighted by Gasteiger charge is -2.25. The Bertz CT molecular complexity index is 1670. The van der Waals surface area contributed by atoms with Crippen molar-refractivity contribution in [2.75, 3.05) is 0 Å². The average molecular weight is 634 g/mol. The molecule has 4 aromatic rings. The second-order valence-electron chi connectivity index (χ2n) is 10.8. The summed E-state index contributed by atoms with van der Waals surface area (Å²) in [5, 5.41) is 37.1. The molecule has 0 bridgehead atoms. The first-order chi connectivity index (χ1) is 22.0. The van der Waals surface area contributed by atoms with E-state index >= 15 is 0 Å². The molecule has 4 unspecified atom stereocenters. The number of nitrogens with zero attached hydrogens (tertiary/aromatic N) is 1. The number of para-hydroxylation sites is 1. The maximum absolute atomic E-state index is 13.7. The topological polar surface area (TPSA) is 253 Å². The summed E-state index contributed by atoms with van der Waals surface area (Å²) in [6, 6.07) is 8.09. The van der Waals surface area contributed by atoms with Gasteiger partial charge in [-0.25, -0.2) is 9.78 Å². The van der Waals surface area contributed by atoms with Gasteiger partial charge in [0, 0.05) is 54.7 Å². The van der Waals surface area contributed by atoms with Gasteiger partial charge in [0.15, 0.2) is 0 Å². The Balaban J connectivity index is 1.54. The number of aromatic hydroxyl groups is 1. The molecule has 2 aromatic heterocycles. The number of H-pyrrole nitrogens is 2. The van der Waals surface area contributed by atoms with Crippen molar-refractivity contribution in [2.45, 2.75) is 56.3 Å². The van der Waals surface area contributed by atoms with Gasteiger partial charge >= 0.3 is 11.9 Å². The van der Waals surface area contributed by atoms with Crippen LogP contribution in [-0.4, -0.2) is 84.1 Å². The second-order valence-corrected chi connectivity index (χ2v) is 10.8. The second kappa shape index (κ2) is 15.3. The van der Waals surface area contributed by atoms with E-state index in [0.717, 1.165) is 10.9 Å². The summed E-state index contributed by atoms with van der Waals surface area (Å²) in [7, 11) is 0. The summed E-state index contributed by atoms with van der Waals surface area (Å²) in [5.41, 5.74) is 8.37. The van der Waals surface area contributed by atoms with E-state index in [0.29, 0.717) is 16.8 Å². The number of phenols is 1. The molecule has 4 rings (SSSR count). The number of aromatic amines is 2. The number of benzene rings is 2. The smallest absolute Gasteiger partial charge is 0.326 e. The summed E-state index contributed by atoms with van der Waals surface area (Å²) in [6.07, 6.45) is 3.78. The van der Waals surface area contributed by atoms with E-state index in [9.17, 15) is 34.2 Å². The zero-order chi connectivity index (χ0) is 33.2. The molecule has 46 heavy (non-hydrogen) atoms. The Kier molecular flexibility index (Phi) is 11.1. The zero-order valence-electron chi connectivity index (χ0n) is 24.6. The number of nitrogens with one attached hydrogen (secondary N) is 5. The van der Waals surface area contributed by atoms with Gasteiger partial charge in [0.25, 0.3) is 0 Å². The van der Waals surface area contributed by atoms with Crippen LogP contribution in [0.2, 0.25) is 0 Å². The van der Waals surface area contributed by atoms with Gasteiger partial charge in [0.05, 0.1) is 12.4 Å². The van der Waals surface area contributed by atoms with Crippen LogP contribution in [-0.2, 0) is 43.2 Å². The average Bonchev–Trinajstić information content (AvgIpc) is 3.69. The predicted molar refractivity (Wildman–Crippen MR) is 164 cm³/mol. The van der Waals surface area contributed by atoms with Crippen molar-refractivity contribution in [1.82, 2.24) is 30.9 Å². The molecule has 0 fully saturated rings. The van der Waals surface area contributed by atoms with E-state index in [1.54, 1.807) is 18.3 Å². The van der Waals surface area contributed by atoms with Crippen molar-refractivity contribution < 1.29 is 39.3 Å². The molecular weight excluding hydrogens is 598 g/mol. The molecular formula is C31H35N7O8. The van der Waals surface area contributed by atoms with Crippen LogP contribution < -0.4 is 21.7 Å². The van der Waals surface area contributed by atoms with Crippen LogP contribution in [0.15, 0.2) is 67.3 Å². The van der Waals surface area contributed by atoms with Gasteiger partial charge in [0.1, 0.15) is 23.9 Å². The Morgan fingerprint density at radius 3 is 2.11 bits per heavy atom. The molecule has 15 nitrogen and oxygen atoms in total. The number of nitrogens with two attached hydrogens (primary N) is 1. The number of aliphatic carboxylic acids is 2. The number of fused-ring (bicyclic) bond motifs is 1. The van der Waals surface area contributed by atoms with Crippen LogP contribution in [0.3, 0.4) is 0 Å². The first-order valence-electron chi connectivity index (χ1n) is 14.4. The molecule has 10 N–H and O–H groups in total. The van der Waals surface area contributed by atoms with Crippen molar-refractivity contribution in [3.05, 3.63) is 84.1 Å². The molecule has 2 heterocycles. The number of hydrogen-bond acceptors (Lipinski definition) is 8. The molecule has 0 saturated heterocycles. The SMILES string of the molecule is NC(CCC(=O)O)C(=O)NC(Cc1ccc(O)cc1)C(=O)NC(Cc1cnc[nH]1)C(=O)NC(Cc1c[nH]c2ccccc12)C(=O)O. The predicted octanol–water partition coefficient (Wildman–Crippen LogP) is 0.356. The number of carboxylic acid groups (broad SMARTS) is 2. The summed E-state index contributed by atoms with van der Waals surface area (Å²) in [6.45, 7) is 0. The molecule has 2 aromatic carbocycles. The van der Waals surface area contributed by atoms with E-state index in [2.05, 4.69) is 30.9 Å². The number of carbonyl (C=O) groups excluding carboxylic acids is 3. The van der Waals surface area contributed by atoms with E-state index in [4.69, 9.17) is 10.8 Å². The molecule has 0 aliphatic carbocycles. The number of aromatic nitrogens is 3. The number of carboxylic acids is 2. The third kappa shape index (κ3) is 9.15. The standard InChI is InChI=1S/C31H35N7O8/c32-22(9-10-27(40)41)28(42)36-24(11-17-5-7-20(39)8-6-17)29(43)37-25(13-19-15-33-16-35-19)30(44)38-26(31(45)46)12-18-14-34-23-4-2-1-3-21(18)23/h1-8,14-16,22,24-26,34,39H,9-13,32H2,(H,33,35)(H,36,42)(H,37,43)(H,38,44)(H,40,41)(H,45,46). The van der Waals surface area contributed by atoms with E-state index in [1.165, 1.54) is 24.7 Å². The summed E-state index contributed by atoms with van der Waals surface area (Å²) in [5.74, 6) is -4.78. The Morgan fingerprint density at radius 1 is 0.804 bits per heavy atom. The maximum atomic E-state index is 13.7. The summed E-state index contributed by atoms with van der Waals surface area (Å²) in [4.78, 5) is 73.2. The lowest BCUT2D eigenvalue weighted by molar-refractivity contribution is -0.142. The van der Waals surface area contributed by atoms with Crippen LogP contribution >= 0.6 is 0 Å².